The first-order chi connectivity index (χ1) is 19.3. The van der Waals surface area contributed by atoms with Crippen molar-refractivity contribution in [1.29, 1.82) is 0 Å². The average Bonchev–Trinajstić information content (AvgIpc) is 3.34. The van der Waals surface area contributed by atoms with Crippen molar-refractivity contribution in [3.8, 4) is 11.1 Å². The number of rotatable bonds is 7. The molecule has 1 saturated carbocycles. The van der Waals surface area contributed by atoms with Crippen molar-refractivity contribution in [2.75, 3.05) is 12.0 Å². The number of carbonyl (C=O) groups excluding carboxylic acids is 2. The molecule has 3 aromatic carbocycles. The lowest BCUT2D eigenvalue weighted by Crippen LogP contribution is -2.37. The van der Waals surface area contributed by atoms with E-state index in [1.807, 2.05) is 48.3 Å². The molecule has 0 atom stereocenters. The molecule has 6 nitrogen and oxygen atoms in total. The van der Waals surface area contributed by atoms with Crippen molar-refractivity contribution in [1.82, 2.24) is 9.78 Å². The summed E-state index contributed by atoms with van der Waals surface area (Å²) in [7, 11) is 3.19. The van der Waals surface area contributed by atoms with Gasteiger partial charge in [-0.1, -0.05) is 49.1 Å². The van der Waals surface area contributed by atoms with Gasteiger partial charge < -0.3 is 9.64 Å². The van der Waals surface area contributed by atoms with Crippen LogP contribution in [0.25, 0.3) is 28.1 Å². The first-order valence-corrected chi connectivity index (χ1v) is 13.8. The molecule has 1 amide bonds. The summed E-state index contributed by atoms with van der Waals surface area (Å²) in [5.74, 6) is -1.23. The minimum atomic E-state index is -0.546. The summed E-state index contributed by atoms with van der Waals surface area (Å²) in [5.41, 5.74) is 4.63. The maximum atomic E-state index is 14.8. The van der Waals surface area contributed by atoms with E-state index in [1.165, 1.54) is 31.4 Å². The van der Waals surface area contributed by atoms with E-state index in [4.69, 9.17) is 11.6 Å². The van der Waals surface area contributed by atoms with Crippen LogP contribution in [0.15, 0.2) is 66.9 Å². The third kappa shape index (κ3) is 6.10. The van der Waals surface area contributed by atoms with Gasteiger partial charge in [0, 0.05) is 35.1 Å². The Morgan fingerprint density at radius 2 is 1.82 bits per heavy atom. The SMILES string of the molecule is COC(=O)C=Cc1cc(F)cc(N(Cc2ccc(-c3ccc4c(cnn4C)c3)cc2Cl)C(=O)C2CCCCC2)c1. The highest BCUT2D eigenvalue weighted by Gasteiger charge is 2.28. The predicted octanol–water partition coefficient (Wildman–Crippen LogP) is 7.33. The van der Waals surface area contributed by atoms with Crippen molar-refractivity contribution < 1.29 is 18.7 Å². The molecule has 1 heterocycles. The van der Waals surface area contributed by atoms with Gasteiger partial charge in [0.1, 0.15) is 5.82 Å². The van der Waals surface area contributed by atoms with E-state index in [2.05, 4.69) is 15.9 Å². The number of esters is 1. The van der Waals surface area contributed by atoms with Crippen molar-refractivity contribution in [3.05, 3.63) is 88.8 Å². The molecule has 0 spiro atoms. The lowest BCUT2D eigenvalue weighted by atomic mass is 9.88. The Bertz CT molecular complexity index is 1590. The van der Waals surface area contributed by atoms with E-state index in [9.17, 15) is 14.0 Å². The van der Waals surface area contributed by atoms with E-state index < -0.39 is 11.8 Å². The van der Waals surface area contributed by atoms with E-state index in [0.717, 1.165) is 59.7 Å². The number of nitrogens with zero attached hydrogens (tertiary/aromatic N) is 3. The maximum absolute atomic E-state index is 14.8. The van der Waals surface area contributed by atoms with Gasteiger partial charge in [-0.3, -0.25) is 9.48 Å². The number of fused-ring (bicyclic) bond motifs is 1. The Labute approximate surface area is 238 Å². The smallest absolute Gasteiger partial charge is 0.330 e. The molecular weight excluding hydrogens is 529 g/mol. The van der Waals surface area contributed by atoms with Crippen LogP contribution in [0.5, 0.6) is 0 Å². The number of methoxy groups -OCH3 is 1. The molecule has 8 heteroatoms. The van der Waals surface area contributed by atoms with Crippen molar-refractivity contribution in [2.45, 2.75) is 38.6 Å². The van der Waals surface area contributed by atoms with E-state index in [-0.39, 0.29) is 18.4 Å². The zero-order valence-corrected chi connectivity index (χ0v) is 23.3. The highest BCUT2D eigenvalue weighted by atomic mass is 35.5. The lowest BCUT2D eigenvalue weighted by Gasteiger charge is -2.30. The van der Waals surface area contributed by atoms with Crippen LogP contribution in [0.1, 0.15) is 43.2 Å². The summed E-state index contributed by atoms with van der Waals surface area (Å²) >= 11 is 6.80. The van der Waals surface area contributed by atoms with Crippen molar-refractivity contribution >= 4 is 46.1 Å². The molecule has 4 aromatic rings. The van der Waals surface area contributed by atoms with Crippen LogP contribution in [0.3, 0.4) is 0 Å². The van der Waals surface area contributed by atoms with Gasteiger partial charge in [0.05, 0.1) is 25.4 Å². The van der Waals surface area contributed by atoms with Crippen LogP contribution in [-0.2, 0) is 27.9 Å². The summed E-state index contributed by atoms with van der Waals surface area (Å²) in [6, 6.07) is 16.3. The molecule has 206 valence electrons. The van der Waals surface area contributed by atoms with Crippen LogP contribution >= 0.6 is 11.6 Å². The van der Waals surface area contributed by atoms with Gasteiger partial charge in [-0.15, -0.1) is 0 Å². The predicted molar refractivity (Wildman–Crippen MR) is 156 cm³/mol. The number of aryl methyl sites for hydroxylation is 1. The molecule has 1 aromatic heterocycles. The molecule has 0 N–H and O–H groups in total. The van der Waals surface area contributed by atoms with Gasteiger partial charge in [-0.05, 0) is 77.6 Å². The molecule has 1 aliphatic rings. The first kappa shape index (κ1) is 27.6. The summed E-state index contributed by atoms with van der Waals surface area (Å²) in [6.07, 6.45) is 9.26. The number of benzene rings is 3. The Morgan fingerprint density at radius 1 is 1.07 bits per heavy atom. The monoisotopic (exact) mass is 559 g/mol. The van der Waals surface area contributed by atoms with Gasteiger partial charge >= 0.3 is 5.97 Å². The highest BCUT2D eigenvalue weighted by Crippen LogP contribution is 2.33. The van der Waals surface area contributed by atoms with Gasteiger partial charge in [0.25, 0.3) is 0 Å². The normalized spacial score (nSPS) is 14.1. The summed E-state index contributed by atoms with van der Waals surface area (Å²) in [6.45, 7) is 0.194. The third-order valence-electron chi connectivity index (χ3n) is 7.51. The van der Waals surface area contributed by atoms with Gasteiger partial charge in [-0.2, -0.15) is 5.10 Å². The van der Waals surface area contributed by atoms with Gasteiger partial charge in [-0.25, -0.2) is 9.18 Å². The molecule has 0 aliphatic heterocycles. The molecule has 0 radical (unpaired) electrons. The van der Waals surface area contributed by atoms with Gasteiger partial charge in [0.15, 0.2) is 0 Å². The zero-order chi connectivity index (χ0) is 28.2. The van der Waals surface area contributed by atoms with E-state index in [1.54, 1.807) is 11.0 Å². The first-order valence-electron chi connectivity index (χ1n) is 13.4. The molecule has 0 saturated heterocycles. The quantitative estimate of drug-likeness (QED) is 0.176. The van der Waals surface area contributed by atoms with Crippen LogP contribution in [0.2, 0.25) is 5.02 Å². The molecular formula is C32H31ClFN3O3. The van der Waals surface area contributed by atoms with E-state index in [0.29, 0.717) is 16.3 Å². The fourth-order valence-electron chi connectivity index (χ4n) is 5.32. The molecule has 5 rings (SSSR count). The number of hydrogen-bond acceptors (Lipinski definition) is 4. The number of carbonyl (C=O) groups is 2. The number of ether oxygens (including phenoxy) is 1. The summed E-state index contributed by atoms with van der Waals surface area (Å²) in [4.78, 5) is 27.0. The number of halogens is 2. The summed E-state index contributed by atoms with van der Waals surface area (Å²) < 4.78 is 21.2. The fourth-order valence-corrected chi connectivity index (χ4v) is 5.56. The highest BCUT2D eigenvalue weighted by molar-refractivity contribution is 6.31. The standard InChI is InChI=1S/C32H31ClFN3O3/c1-36-30-12-11-23(16-26(30)19-35-36)24-9-10-25(29(33)17-24)20-37(32(39)22-6-4-3-5-7-22)28-15-21(14-27(34)18-28)8-13-31(38)40-2/h8-19,22H,3-7,20H2,1-2H3. The largest absolute Gasteiger partial charge is 0.466 e. The second kappa shape index (κ2) is 12.0. The fraction of sp³-hybridized carbons (Fsp3) is 0.281. The lowest BCUT2D eigenvalue weighted by molar-refractivity contribution is -0.134. The second-order valence-corrected chi connectivity index (χ2v) is 10.6. The number of anilines is 1. The minimum absolute atomic E-state index is 0.0460. The molecule has 1 fully saturated rings. The Hall–Kier alpha value is -3.97. The van der Waals surface area contributed by atoms with Crippen LogP contribution in [0.4, 0.5) is 10.1 Å². The summed E-state index contributed by atoms with van der Waals surface area (Å²) in [5, 5.41) is 5.87. The Morgan fingerprint density at radius 3 is 2.58 bits per heavy atom. The Kier molecular flexibility index (Phi) is 8.31. The average molecular weight is 560 g/mol. The van der Waals surface area contributed by atoms with Crippen LogP contribution < -0.4 is 4.90 Å². The number of hydrogen-bond donors (Lipinski definition) is 0. The van der Waals surface area contributed by atoms with E-state index >= 15 is 0 Å². The topological polar surface area (TPSA) is 64.4 Å². The molecule has 1 aliphatic carbocycles. The van der Waals surface area contributed by atoms with Crippen molar-refractivity contribution in [2.24, 2.45) is 13.0 Å². The van der Waals surface area contributed by atoms with Crippen LogP contribution in [0, 0.1) is 11.7 Å². The number of amides is 1. The minimum Gasteiger partial charge on any atom is -0.466 e. The number of aromatic nitrogens is 2. The molecule has 0 unspecified atom stereocenters. The molecule has 40 heavy (non-hydrogen) atoms. The molecule has 0 bridgehead atoms. The van der Waals surface area contributed by atoms with Gasteiger partial charge in [0.2, 0.25) is 5.91 Å². The zero-order valence-electron chi connectivity index (χ0n) is 22.6. The second-order valence-electron chi connectivity index (χ2n) is 10.2. The third-order valence-corrected chi connectivity index (χ3v) is 7.86. The van der Waals surface area contributed by atoms with Crippen LogP contribution in [-0.4, -0.2) is 28.8 Å². The Balaban J connectivity index is 1.47. The van der Waals surface area contributed by atoms with Crippen molar-refractivity contribution in [3.63, 3.8) is 0 Å². The maximum Gasteiger partial charge on any atom is 0.330 e.